The number of ether oxygens (including phenoxy) is 3. The van der Waals surface area contributed by atoms with Crippen LogP contribution in [0.1, 0.15) is 46.5 Å². The quantitative estimate of drug-likeness (QED) is 0.766. The second-order valence-corrected chi connectivity index (χ2v) is 6.40. The Morgan fingerprint density at radius 3 is 2.48 bits per heavy atom. The SMILES string of the molecule is CC[C@H]1O[C@@H](C)CC1CC=CC[C@H]1O[C@@H](C)C(OC)[C@H]1O. The number of aliphatic hydroxyl groups excluding tert-OH is 1. The van der Waals surface area contributed by atoms with E-state index in [-0.39, 0.29) is 18.3 Å². The summed E-state index contributed by atoms with van der Waals surface area (Å²) in [5.41, 5.74) is 0. The molecular formula is C17H30O4. The Kier molecular flexibility index (Phi) is 6.23. The smallest absolute Gasteiger partial charge is 0.111 e. The fourth-order valence-electron chi connectivity index (χ4n) is 3.67. The molecule has 2 heterocycles. The first-order chi connectivity index (χ1) is 10.1. The molecule has 4 heteroatoms. The van der Waals surface area contributed by atoms with Crippen LogP contribution in [0.25, 0.3) is 0 Å². The van der Waals surface area contributed by atoms with Crippen molar-refractivity contribution in [1.29, 1.82) is 0 Å². The van der Waals surface area contributed by atoms with Crippen LogP contribution in [0.5, 0.6) is 0 Å². The highest BCUT2D eigenvalue weighted by atomic mass is 16.6. The van der Waals surface area contributed by atoms with Crippen molar-refractivity contribution in [3.05, 3.63) is 12.2 Å². The van der Waals surface area contributed by atoms with Crippen LogP contribution in [-0.4, -0.2) is 48.8 Å². The van der Waals surface area contributed by atoms with Crippen molar-refractivity contribution >= 4 is 0 Å². The topological polar surface area (TPSA) is 47.9 Å². The van der Waals surface area contributed by atoms with Gasteiger partial charge in [-0.15, -0.1) is 0 Å². The second kappa shape index (κ2) is 7.73. The number of hydrogen-bond donors (Lipinski definition) is 1. The van der Waals surface area contributed by atoms with Crippen molar-refractivity contribution < 1.29 is 19.3 Å². The van der Waals surface area contributed by atoms with Gasteiger partial charge in [0.1, 0.15) is 12.2 Å². The van der Waals surface area contributed by atoms with E-state index in [1.165, 1.54) is 0 Å². The number of aliphatic hydroxyl groups is 1. The van der Waals surface area contributed by atoms with Crippen molar-refractivity contribution in [2.45, 2.75) is 83.1 Å². The molecule has 4 nitrogen and oxygen atoms in total. The summed E-state index contributed by atoms with van der Waals surface area (Å²) in [5, 5.41) is 10.1. The third kappa shape index (κ3) is 4.07. The van der Waals surface area contributed by atoms with Crippen LogP contribution < -0.4 is 0 Å². The van der Waals surface area contributed by atoms with Crippen LogP contribution in [0.15, 0.2) is 12.2 Å². The first-order valence-electron chi connectivity index (χ1n) is 8.23. The van der Waals surface area contributed by atoms with Gasteiger partial charge < -0.3 is 19.3 Å². The summed E-state index contributed by atoms with van der Waals surface area (Å²) in [5.74, 6) is 0.626. The second-order valence-electron chi connectivity index (χ2n) is 6.40. The Morgan fingerprint density at radius 1 is 1.14 bits per heavy atom. The van der Waals surface area contributed by atoms with Crippen LogP contribution in [0.4, 0.5) is 0 Å². The standard InChI is InChI=1S/C17H30O4/c1-5-14-13(10-11(2)20-14)8-6-7-9-15-16(18)17(19-4)12(3)21-15/h6-7,11-18H,5,8-10H2,1-4H3/t11-,12-,13?,14+,15+,16-,17?/m0/s1. The van der Waals surface area contributed by atoms with Gasteiger partial charge in [-0.1, -0.05) is 19.1 Å². The molecule has 0 amide bonds. The molecule has 2 aliphatic heterocycles. The number of rotatable bonds is 6. The van der Waals surface area contributed by atoms with Crippen LogP contribution in [0.2, 0.25) is 0 Å². The fraction of sp³-hybridized carbons (Fsp3) is 0.882. The van der Waals surface area contributed by atoms with Gasteiger partial charge in [0.25, 0.3) is 0 Å². The predicted molar refractivity (Wildman–Crippen MR) is 82.2 cm³/mol. The van der Waals surface area contributed by atoms with E-state index in [4.69, 9.17) is 14.2 Å². The summed E-state index contributed by atoms with van der Waals surface area (Å²) in [6.07, 6.45) is 8.22. The molecule has 0 saturated carbocycles. The van der Waals surface area contributed by atoms with Crippen LogP contribution in [0.3, 0.4) is 0 Å². The average Bonchev–Trinajstić information content (AvgIpc) is 2.95. The first-order valence-corrected chi connectivity index (χ1v) is 8.23. The molecule has 2 saturated heterocycles. The minimum absolute atomic E-state index is 0.0445. The van der Waals surface area contributed by atoms with Gasteiger partial charge in [-0.2, -0.15) is 0 Å². The van der Waals surface area contributed by atoms with Gasteiger partial charge in [-0.3, -0.25) is 0 Å². The molecule has 0 radical (unpaired) electrons. The Hall–Kier alpha value is -0.420. The summed E-state index contributed by atoms with van der Waals surface area (Å²) >= 11 is 0. The maximum atomic E-state index is 10.1. The minimum Gasteiger partial charge on any atom is -0.388 e. The molecule has 0 aliphatic carbocycles. The lowest BCUT2D eigenvalue weighted by atomic mass is 9.94. The third-order valence-electron chi connectivity index (χ3n) is 4.79. The summed E-state index contributed by atoms with van der Waals surface area (Å²) < 4.78 is 16.9. The fourth-order valence-corrected chi connectivity index (χ4v) is 3.67. The molecule has 0 aromatic heterocycles. The zero-order chi connectivity index (χ0) is 15.4. The lowest BCUT2D eigenvalue weighted by Gasteiger charge is -2.16. The molecular weight excluding hydrogens is 268 g/mol. The van der Waals surface area contributed by atoms with Gasteiger partial charge >= 0.3 is 0 Å². The maximum absolute atomic E-state index is 10.1. The van der Waals surface area contributed by atoms with Crippen molar-refractivity contribution in [1.82, 2.24) is 0 Å². The molecule has 2 fully saturated rings. The van der Waals surface area contributed by atoms with Gasteiger partial charge in [0.15, 0.2) is 0 Å². The van der Waals surface area contributed by atoms with Crippen LogP contribution >= 0.6 is 0 Å². The van der Waals surface area contributed by atoms with Crippen molar-refractivity contribution in [3.8, 4) is 0 Å². The highest BCUT2D eigenvalue weighted by molar-refractivity contribution is 4.96. The van der Waals surface area contributed by atoms with Crippen LogP contribution in [0, 0.1) is 5.92 Å². The Morgan fingerprint density at radius 2 is 1.86 bits per heavy atom. The van der Waals surface area contributed by atoms with E-state index < -0.39 is 6.10 Å². The van der Waals surface area contributed by atoms with E-state index in [0.717, 1.165) is 25.7 Å². The highest BCUT2D eigenvalue weighted by Gasteiger charge is 2.40. The third-order valence-corrected chi connectivity index (χ3v) is 4.79. The number of allylic oxidation sites excluding steroid dienone is 1. The molecule has 21 heavy (non-hydrogen) atoms. The normalized spacial score (nSPS) is 44.0. The van der Waals surface area contributed by atoms with Gasteiger partial charge in [0.2, 0.25) is 0 Å². The number of methoxy groups -OCH3 is 1. The lowest BCUT2D eigenvalue weighted by molar-refractivity contribution is -0.00368. The monoisotopic (exact) mass is 298 g/mol. The average molecular weight is 298 g/mol. The molecule has 122 valence electrons. The summed E-state index contributed by atoms with van der Waals surface area (Å²) in [7, 11) is 1.62. The van der Waals surface area contributed by atoms with Gasteiger partial charge in [-0.05, 0) is 45.4 Å². The van der Waals surface area contributed by atoms with E-state index in [2.05, 4.69) is 26.0 Å². The molecule has 2 rings (SSSR count). The molecule has 1 N–H and O–H groups in total. The van der Waals surface area contributed by atoms with Crippen molar-refractivity contribution in [3.63, 3.8) is 0 Å². The Bertz CT molecular complexity index is 344. The van der Waals surface area contributed by atoms with Gasteiger partial charge in [0.05, 0.1) is 24.4 Å². The summed E-state index contributed by atoms with van der Waals surface area (Å²) in [4.78, 5) is 0. The maximum Gasteiger partial charge on any atom is 0.111 e. The van der Waals surface area contributed by atoms with Crippen molar-refractivity contribution in [2.24, 2.45) is 5.92 Å². The zero-order valence-electron chi connectivity index (χ0n) is 13.7. The predicted octanol–water partition coefficient (Wildman–Crippen LogP) is 2.69. The number of hydrogen-bond acceptors (Lipinski definition) is 4. The van der Waals surface area contributed by atoms with E-state index >= 15 is 0 Å². The minimum atomic E-state index is -0.534. The molecule has 0 aromatic rings. The molecule has 0 bridgehead atoms. The van der Waals surface area contributed by atoms with Gasteiger partial charge in [-0.25, -0.2) is 0 Å². The lowest BCUT2D eigenvalue weighted by Crippen LogP contribution is -2.33. The van der Waals surface area contributed by atoms with E-state index in [1.807, 2.05) is 6.92 Å². The highest BCUT2D eigenvalue weighted by Crippen LogP contribution is 2.31. The zero-order valence-corrected chi connectivity index (χ0v) is 13.7. The van der Waals surface area contributed by atoms with Crippen LogP contribution in [-0.2, 0) is 14.2 Å². The van der Waals surface area contributed by atoms with Crippen molar-refractivity contribution in [2.75, 3.05) is 7.11 Å². The van der Waals surface area contributed by atoms with E-state index in [0.29, 0.717) is 18.1 Å². The molecule has 0 spiro atoms. The summed E-state index contributed by atoms with van der Waals surface area (Å²) in [6.45, 7) is 6.29. The molecule has 2 unspecified atom stereocenters. The van der Waals surface area contributed by atoms with Gasteiger partial charge in [0, 0.05) is 7.11 Å². The largest absolute Gasteiger partial charge is 0.388 e. The molecule has 0 aromatic carbocycles. The van der Waals surface area contributed by atoms with E-state index in [9.17, 15) is 5.11 Å². The first kappa shape index (κ1) is 16.9. The van der Waals surface area contributed by atoms with E-state index in [1.54, 1.807) is 7.11 Å². The molecule has 7 atom stereocenters. The summed E-state index contributed by atoms with van der Waals surface area (Å²) in [6, 6.07) is 0. The molecule has 2 aliphatic rings. The Labute approximate surface area is 128 Å². The Balaban J connectivity index is 1.76.